The van der Waals surface area contributed by atoms with Crippen molar-refractivity contribution in [2.24, 2.45) is 11.8 Å². The van der Waals surface area contributed by atoms with Gasteiger partial charge in [0.05, 0.1) is 12.5 Å². The van der Waals surface area contributed by atoms with E-state index in [1.54, 1.807) is 11.8 Å². The Labute approximate surface area is 190 Å². The molecule has 3 amide bonds. The Kier molecular flexibility index (Phi) is 12.5. The first-order valence-corrected chi connectivity index (χ1v) is 11.1. The van der Waals surface area contributed by atoms with Crippen LogP contribution in [0.15, 0.2) is 0 Å². The third kappa shape index (κ3) is 9.43. The lowest BCUT2D eigenvalue weighted by molar-refractivity contribution is -0.147. The molecule has 2 aliphatic rings. The molecule has 0 bridgehead atoms. The standard InChI is InChI=1S/C21H36N4O5.ClH/c1-3-30-21(29)18(24-15(2)26)13-23-20(28)17-5-4-12-25(14-17)19(27)7-6-16-8-10-22-11-9-16;/h16-18,22H,3-14H2,1-2H3,(H,23,28)(H,24,26);1H/t17-,18+;/m1./s1. The SMILES string of the molecule is CCOC(=O)[C@H](CNC(=O)[C@@H]1CCCN(C(=O)CCC2CCNCC2)C1)NC(C)=O.Cl. The number of amides is 3. The Hall–Kier alpha value is -1.87. The van der Waals surface area contributed by atoms with Crippen molar-refractivity contribution < 1.29 is 23.9 Å². The van der Waals surface area contributed by atoms with Crippen LogP contribution in [0.3, 0.4) is 0 Å². The summed E-state index contributed by atoms with van der Waals surface area (Å²) in [6.07, 6.45) is 5.17. The highest BCUT2D eigenvalue weighted by Gasteiger charge is 2.30. The van der Waals surface area contributed by atoms with Gasteiger partial charge in [0.2, 0.25) is 17.7 Å². The molecule has 0 spiro atoms. The van der Waals surface area contributed by atoms with E-state index < -0.39 is 12.0 Å². The average molecular weight is 461 g/mol. The lowest BCUT2D eigenvalue weighted by Crippen LogP contribution is -2.51. The molecule has 2 fully saturated rings. The smallest absolute Gasteiger partial charge is 0.330 e. The summed E-state index contributed by atoms with van der Waals surface area (Å²) in [4.78, 5) is 50.3. The Bertz CT molecular complexity index is 613. The molecule has 2 atom stereocenters. The Balaban J connectivity index is 0.00000480. The summed E-state index contributed by atoms with van der Waals surface area (Å²) >= 11 is 0. The number of carbonyl (C=O) groups is 4. The summed E-state index contributed by atoms with van der Waals surface area (Å²) in [7, 11) is 0. The Morgan fingerprint density at radius 1 is 1.16 bits per heavy atom. The topological polar surface area (TPSA) is 117 Å². The van der Waals surface area contributed by atoms with Crippen LogP contribution in [-0.2, 0) is 23.9 Å². The molecule has 0 aromatic heterocycles. The maximum atomic E-state index is 12.6. The van der Waals surface area contributed by atoms with Crippen molar-refractivity contribution in [3.05, 3.63) is 0 Å². The number of hydrogen-bond donors (Lipinski definition) is 3. The van der Waals surface area contributed by atoms with E-state index in [4.69, 9.17) is 4.74 Å². The maximum Gasteiger partial charge on any atom is 0.330 e. The van der Waals surface area contributed by atoms with Crippen LogP contribution in [-0.4, -0.2) is 74.0 Å². The third-order valence-electron chi connectivity index (χ3n) is 5.80. The second-order valence-electron chi connectivity index (χ2n) is 8.16. The average Bonchev–Trinajstić information content (AvgIpc) is 2.75. The molecule has 2 aliphatic heterocycles. The van der Waals surface area contributed by atoms with E-state index in [0.717, 1.165) is 38.8 Å². The van der Waals surface area contributed by atoms with Gasteiger partial charge in [-0.3, -0.25) is 14.4 Å². The number of halogens is 1. The van der Waals surface area contributed by atoms with Crippen LogP contribution in [0.1, 0.15) is 52.4 Å². The number of ether oxygens (including phenoxy) is 1. The summed E-state index contributed by atoms with van der Waals surface area (Å²) < 4.78 is 4.95. The number of nitrogens with one attached hydrogen (secondary N) is 3. The van der Waals surface area contributed by atoms with Crippen molar-refractivity contribution in [2.45, 2.75) is 58.4 Å². The molecule has 0 unspecified atom stereocenters. The maximum absolute atomic E-state index is 12.6. The van der Waals surface area contributed by atoms with Crippen LogP contribution < -0.4 is 16.0 Å². The van der Waals surface area contributed by atoms with E-state index in [1.165, 1.54) is 6.92 Å². The van der Waals surface area contributed by atoms with Gasteiger partial charge in [0.1, 0.15) is 6.04 Å². The first-order valence-electron chi connectivity index (χ1n) is 11.1. The normalized spacial score (nSPS) is 20.2. The van der Waals surface area contributed by atoms with Crippen LogP contribution >= 0.6 is 12.4 Å². The molecule has 3 N–H and O–H groups in total. The Morgan fingerprint density at radius 3 is 2.52 bits per heavy atom. The van der Waals surface area contributed by atoms with Crippen LogP contribution in [0.4, 0.5) is 0 Å². The lowest BCUT2D eigenvalue weighted by Gasteiger charge is -2.33. The number of piperidine rings is 2. The molecular formula is C21H37ClN4O5. The minimum atomic E-state index is -0.919. The van der Waals surface area contributed by atoms with Gasteiger partial charge >= 0.3 is 5.97 Å². The van der Waals surface area contributed by atoms with E-state index in [0.29, 0.717) is 31.8 Å². The van der Waals surface area contributed by atoms with Gasteiger partial charge in [-0.05, 0) is 58.0 Å². The lowest BCUT2D eigenvalue weighted by atomic mass is 9.92. The molecule has 2 heterocycles. The van der Waals surface area contributed by atoms with Gasteiger partial charge in [-0.1, -0.05) is 0 Å². The molecule has 9 nitrogen and oxygen atoms in total. The molecule has 0 aliphatic carbocycles. The number of likely N-dealkylation sites (tertiary alicyclic amines) is 1. The molecule has 0 aromatic carbocycles. The molecule has 0 radical (unpaired) electrons. The fourth-order valence-corrected chi connectivity index (χ4v) is 4.10. The predicted octanol–water partition coefficient (Wildman–Crippen LogP) is 0.611. The van der Waals surface area contributed by atoms with E-state index in [1.807, 2.05) is 0 Å². The minimum absolute atomic E-state index is 0. The number of esters is 1. The van der Waals surface area contributed by atoms with Crippen LogP contribution in [0.25, 0.3) is 0 Å². The summed E-state index contributed by atoms with van der Waals surface area (Å²) in [6, 6.07) is -0.919. The highest BCUT2D eigenvalue weighted by atomic mass is 35.5. The first-order chi connectivity index (χ1) is 14.4. The highest BCUT2D eigenvalue weighted by Crippen LogP contribution is 2.21. The van der Waals surface area contributed by atoms with Crippen molar-refractivity contribution in [2.75, 3.05) is 39.3 Å². The minimum Gasteiger partial charge on any atom is -0.464 e. The molecule has 0 saturated carbocycles. The van der Waals surface area contributed by atoms with Gasteiger partial charge in [-0.2, -0.15) is 0 Å². The van der Waals surface area contributed by atoms with Gasteiger partial charge < -0.3 is 25.6 Å². The zero-order valence-corrected chi connectivity index (χ0v) is 19.4. The van der Waals surface area contributed by atoms with Gasteiger partial charge in [-0.15, -0.1) is 12.4 Å². The molecule has 178 valence electrons. The monoisotopic (exact) mass is 460 g/mol. The zero-order valence-electron chi connectivity index (χ0n) is 18.6. The van der Waals surface area contributed by atoms with Gasteiger partial charge in [0.25, 0.3) is 0 Å². The first kappa shape index (κ1) is 27.2. The molecule has 2 saturated heterocycles. The predicted molar refractivity (Wildman–Crippen MR) is 119 cm³/mol. The highest BCUT2D eigenvalue weighted by molar-refractivity contribution is 5.86. The second-order valence-corrected chi connectivity index (χ2v) is 8.16. The van der Waals surface area contributed by atoms with Gasteiger partial charge in [-0.25, -0.2) is 4.79 Å². The van der Waals surface area contributed by atoms with Crippen molar-refractivity contribution in [1.29, 1.82) is 0 Å². The van der Waals surface area contributed by atoms with Gasteiger partial charge in [0, 0.05) is 33.0 Å². The van der Waals surface area contributed by atoms with Crippen LogP contribution in [0.2, 0.25) is 0 Å². The van der Waals surface area contributed by atoms with E-state index >= 15 is 0 Å². The fourth-order valence-electron chi connectivity index (χ4n) is 4.10. The van der Waals surface area contributed by atoms with E-state index in [2.05, 4.69) is 16.0 Å². The molecule has 0 aromatic rings. The third-order valence-corrected chi connectivity index (χ3v) is 5.80. The molecule has 2 rings (SSSR count). The second kappa shape index (κ2) is 14.2. The summed E-state index contributed by atoms with van der Waals surface area (Å²) in [6.45, 7) is 6.29. The Morgan fingerprint density at radius 2 is 1.87 bits per heavy atom. The molecule has 31 heavy (non-hydrogen) atoms. The quantitative estimate of drug-likeness (QED) is 0.434. The number of nitrogens with zero attached hydrogens (tertiary/aromatic N) is 1. The van der Waals surface area contributed by atoms with E-state index in [9.17, 15) is 19.2 Å². The summed E-state index contributed by atoms with van der Waals surface area (Å²) in [5.74, 6) is -0.731. The van der Waals surface area contributed by atoms with E-state index in [-0.39, 0.29) is 49.2 Å². The number of carbonyl (C=O) groups excluding carboxylic acids is 4. The van der Waals surface area contributed by atoms with Crippen molar-refractivity contribution in [3.63, 3.8) is 0 Å². The number of hydrogen-bond acceptors (Lipinski definition) is 6. The van der Waals surface area contributed by atoms with Crippen molar-refractivity contribution in [3.8, 4) is 0 Å². The largest absolute Gasteiger partial charge is 0.464 e. The van der Waals surface area contributed by atoms with Crippen LogP contribution in [0.5, 0.6) is 0 Å². The summed E-state index contributed by atoms with van der Waals surface area (Å²) in [5.41, 5.74) is 0. The van der Waals surface area contributed by atoms with Crippen molar-refractivity contribution >= 4 is 36.1 Å². The van der Waals surface area contributed by atoms with Crippen molar-refractivity contribution in [1.82, 2.24) is 20.9 Å². The number of rotatable bonds is 9. The summed E-state index contributed by atoms with van der Waals surface area (Å²) in [5, 5.41) is 8.58. The molecular weight excluding hydrogens is 424 g/mol. The fraction of sp³-hybridized carbons (Fsp3) is 0.810. The zero-order chi connectivity index (χ0) is 21.9. The molecule has 10 heteroatoms. The van der Waals surface area contributed by atoms with Gasteiger partial charge in [0.15, 0.2) is 0 Å². The van der Waals surface area contributed by atoms with Crippen LogP contribution in [0, 0.1) is 11.8 Å².